The number of anilines is 1. The van der Waals surface area contributed by atoms with E-state index in [1.54, 1.807) is 37.3 Å². The van der Waals surface area contributed by atoms with Gasteiger partial charge in [0, 0.05) is 6.04 Å². The van der Waals surface area contributed by atoms with Gasteiger partial charge in [-0.1, -0.05) is 18.2 Å². The summed E-state index contributed by atoms with van der Waals surface area (Å²) >= 11 is 0. The summed E-state index contributed by atoms with van der Waals surface area (Å²) < 4.78 is 25.0. The summed E-state index contributed by atoms with van der Waals surface area (Å²) in [5.74, 6) is -0.253. The highest BCUT2D eigenvalue weighted by atomic mass is 32.2. The van der Waals surface area contributed by atoms with Crippen LogP contribution in [-0.4, -0.2) is 32.7 Å². The molecule has 1 aliphatic rings. The van der Waals surface area contributed by atoms with Crippen molar-refractivity contribution in [3.63, 3.8) is 0 Å². The summed E-state index contributed by atoms with van der Waals surface area (Å²) in [7, 11) is -3.51. The van der Waals surface area contributed by atoms with Crippen LogP contribution < -0.4 is 9.62 Å². The first-order chi connectivity index (χ1) is 8.89. The van der Waals surface area contributed by atoms with Gasteiger partial charge in [-0.3, -0.25) is 9.10 Å². The fourth-order valence-corrected chi connectivity index (χ4v) is 3.11. The fourth-order valence-electron chi connectivity index (χ4n) is 1.93. The topological polar surface area (TPSA) is 66.5 Å². The minimum absolute atomic E-state index is 0.215. The van der Waals surface area contributed by atoms with Crippen molar-refractivity contribution in [1.29, 1.82) is 0 Å². The summed E-state index contributed by atoms with van der Waals surface area (Å²) in [4.78, 5) is 12.0. The van der Waals surface area contributed by atoms with Crippen LogP contribution in [0, 0.1) is 0 Å². The number of hydrogen-bond donors (Lipinski definition) is 1. The maximum Gasteiger partial charge on any atom is 0.243 e. The van der Waals surface area contributed by atoms with Crippen LogP contribution in [0.4, 0.5) is 5.69 Å². The lowest BCUT2D eigenvalue weighted by Crippen LogP contribution is -2.48. The standard InChI is InChI=1S/C13H18N2O3S/c1-10(13(16)14-11-8-9-11)15(19(2,17)18)12-6-4-3-5-7-12/h3-7,10-11H,8-9H2,1-2H3,(H,14,16)/t10-/m0/s1. The molecule has 6 heteroatoms. The predicted molar refractivity (Wildman–Crippen MR) is 74.4 cm³/mol. The molecule has 1 aliphatic carbocycles. The zero-order valence-corrected chi connectivity index (χ0v) is 11.9. The average Bonchev–Trinajstić information content (AvgIpc) is 3.12. The normalized spacial score (nSPS) is 16.7. The van der Waals surface area contributed by atoms with E-state index in [0.29, 0.717) is 5.69 Å². The smallest absolute Gasteiger partial charge is 0.243 e. The third-order valence-corrected chi connectivity index (χ3v) is 4.26. The van der Waals surface area contributed by atoms with Crippen molar-refractivity contribution < 1.29 is 13.2 Å². The van der Waals surface area contributed by atoms with Crippen LogP contribution in [-0.2, 0) is 14.8 Å². The SMILES string of the molecule is C[C@@H](C(=O)NC1CC1)N(c1ccccc1)S(C)(=O)=O. The second-order valence-electron chi connectivity index (χ2n) is 4.85. The number of rotatable bonds is 5. The molecule has 0 saturated heterocycles. The first-order valence-corrected chi connectivity index (χ1v) is 8.09. The lowest BCUT2D eigenvalue weighted by molar-refractivity contribution is -0.121. The molecule has 1 aromatic carbocycles. The predicted octanol–water partition coefficient (Wildman–Crippen LogP) is 1.12. The Hall–Kier alpha value is -1.56. The van der Waals surface area contributed by atoms with E-state index in [1.165, 1.54) is 0 Å². The average molecular weight is 282 g/mol. The fraction of sp³-hybridized carbons (Fsp3) is 0.462. The molecular formula is C13H18N2O3S. The van der Waals surface area contributed by atoms with Crippen molar-refractivity contribution in [3.05, 3.63) is 30.3 Å². The third kappa shape index (κ3) is 3.47. The molecule has 1 N–H and O–H groups in total. The number of hydrogen-bond acceptors (Lipinski definition) is 3. The van der Waals surface area contributed by atoms with Crippen molar-refractivity contribution in [1.82, 2.24) is 5.32 Å². The molecule has 0 bridgehead atoms. The second-order valence-corrected chi connectivity index (χ2v) is 6.71. The Balaban J connectivity index is 2.25. The molecular weight excluding hydrogens is 264 g/mol. The van der Waals surface area contributed by atoms with E-state index < -0.39 is 16.1 Å². The summed E-state index contributed by atoms with van der Waals surface area (Å²) in [6.45, 7) is 1.60. The molecule has 1 fully saturated rings. The van der Waals surface area contributed by atoms with E-state index in [2.05, 4.69) is 5.32 Å². The highest BCUT2D eigenvalue weighted by Crippen LogP contribution is 2.22. The Bertz CT molecular complexity index is 553. The maximum absolute atomic E-state index is 12.0. The molecule has 19 heavy (non-hydrogen) atoms. The molecule has 0 heterocycles. The largest absolute Gasteiger partial charge is 0.352 e. The van der Waals surface area contributed by atoms with Crippen LogP contribution in [0.15, 0.2) is 30.3 Å². The van der Waals surface area contributed by atoms with Gasteiger partial charge in [-0.25, -0.2) is 8.42 Å². The van der Waals surface area contributed by atoms with Gasteiger partial charge in [-0.05, 0) is 31.9 Å². The summed E-state index contributed by atoms with van der Waals surface area (Å²) in [5, 5.41) is 2.83. The van der Waals surface area contributed by atoms with Gasteiger partial charge in [0.15, 0.2) is 0 Å². The first-order valence-electron chi connectivity index (χ1n) is 6.24. The summed E-state index contributed by atoms with van der Waals surface area (Å²) in [5.41, 5.74) is 0.503. The molecule has 1 saturated carbocycles. The van der Waals surface area contributed by atoms with Gasteiger partial charge < -0.3 is 5.32 Å². The molecule has 5 nitrogen and oxygen atoms in total. The van der Waals surface area contributed by atoms with Gasteiger partial charge >= 0.3 is 0 Å². The van der Waals surface area contributed by atoms with E-state index in [9.17, 15) is 13.2 Å². The Labute approximate surface area is 113 Å². The minimum atomic E-state index is -3.51. The number of amides is 1. The number of sulfonamides is 1. The van der Waals surface area contributed by atoms with Crippen molar-refractivity contribution in [2.24, 2.45) is 0 Å². The zero-order chi connectivity index (χ0) is 14.0. The Morgan fingerprint density at radius 1 is 1.32 bits per heavy atom. The van der Waals surface area contributed by atoms with Gasteiger partial charge in [-0.2, -0.15) is 0 Å². The molecule has 0 unspecified atom stereocenters. The van der Waals surface area contributed by atoms with E-state index >= 15 is 0 Å². The lowest BCUT2D eigenvalue weighted by atomic mass is 10.2. The van der Waals surface area contributed by atoms with Crippen LogP contribution in [0.3, 0.4) is 0 Å². The molecule has 2 rings (SSSR count). The number of nitrogens with one attached hydrogen (secondary N) is 1. The second kappa shape index (κ2) is 5.21. The molecule has 1 atom stereocenters. The Morgan fingerprint density at radius 2 is 1.89 bits per heavy atom. The maximum atomic E-state index is 12.0. The third-order valence-electron chi connectivity index (χ3n) is 3.02. The van der Waals surface area contributed by atoms with Crippen molar-refractivity contribution in [2.45, 2.75) is 31.8 Å². The number of nitrogens with zero attached hydrogens (tertiary/aromatic N) is 1. The molecule has 0 aliphatic heterocycles. The number of carbonyl (C=O) groups is 1. The van der Waals surface area contributed by atoms with Crippen LogP contribution >= 0.6 is 0 Å². The molecule has 0 aromatic heterocycles. The lowest BCUT2D eigenvalue weighted by Gasteiger charge is -2.28. The van der Waals surface area contributed by atoms with Crippen molar-refractivity contribution in [3.8, 4) is 0 Å². The van der Waals surface area contributed by atoms with E-state index in [1.807, 2.05) is 0 Å². The van der Waals surface area contributed by atoms with Gasteiger partial charge in [0.05, 0.1) is 11.9 Å². The quantitative estimate of drug-likeness (QED) is 0.880. The monoisotopic (exact) mass is 282 g/mol. The van der Waals surface area contributed by atoms with E-state index in [0.717, 1.165) is 23.4 Å². The number of para-hydroxylation sites is 1. The number of benzene rings is 1. The van der Waals surface area contributed by atoms with E-state index in [4.69, 9.17) is 0 Å². The molecule has 1 aromatic rings. The van der Waals surface area contributed by atoms with Crippen LogP contribution in [0.2, 0.25) is 0 Å². The Kier molecular flexibility index (Phi) is 3.80. The molecule has 104 valence electrons. The zero-order valence-electron chi connectivity index (χ0n) is 11.0. The summed E-state index contributed by atoms with van der Waals surface area (Å²) in [6.07, 6.45) is 3.06. The van der Waals surface area contributed by atoms with Gasteiger partial charge in [0.1, 0.15) is 6.04 Å². The molecule has 1 amide bonds. The highest BCUT2D eigenvalue weighted by molar-refractivity contribution is 7.92. The first kappa shape index (κ1) is 13.9. The van der Waals surface area contributed by atoms with Gasteiger partial charge in [0.2, 0.25) is 15.9 Å². The highest BCUT2D eigenvalue weighted by Gasteiger charge is 2.32. The van der Waals surface area contributed by atoms with Gasteiger partial charge in [0.25, 0.3) is 0 Å². The summed E-state index contributed by atoms with van der Waals surface area (Å²) in [6, 6.07) is 8.13. The van der Waals surface area contributed by atoms with E-state index in [-0.39, 0.29) is 11.9 Å². The van der Waals surface area contributed by atoms with Crippen LogP contribution in [0.5, 0.6) is 0 Å². The Morgan fingerprint density at radius 3 is 2.37 bits per heavy atom. The van der Waals surface area contributed by atoms with Gasteiger partial charge in [-0.15, -0.1) is 0 Å². The van der Waals surface area contributed by atoms with Crippen LogP contribution in [0.1, 0.15) is 19.8 Å². The molecule has 0 spiro atoms. The number of carbonyl (C=O) groups excluding carboxylic acids is 1. The van der Waals surface area contributed by atoms with Crippen LogP contribution in [0.25, 0.3) is 0 Å². The minimum Gasteiger partial charge on any atom is -0.352 e. The van der Waals surface area contributed by atoms with Crippen molar-refractivity contribution >= 4 is 21.6 Å². The van der Waals surface area contributed by atoms with Crippen molar-refractivity contribution in [2.75, 3.05) is 10.6 Å². The molecule has 0 radical (unpaired) electrons.